The minimum atomic E-state index is -0.418. The molecule has 0 saturated heterocycles. The molecular weight excluding hydrogens is 509 g/mol. The average Bonchev–Trinajstić information content (AvgIpc) is 3.09. The van der Waals surface area contributed by atoms with Gasteiger partial charge in [0.1, 0.15) is 30.1 Å². The van der Waals surface area contributed by atoms with Crippen LogP contribution < -0.4 is 10.5 Å². The highest BCUT2D eigenvalue weighted by Gasteiger charge is 2.25. The van der Waals surface area contributed by atoms with Gasteiger partial charge in [0.2, 0.25) is 0 Å². The number of hydrogen-bond acceptors (Lipinski definition) is 6. The fourth-order valence-electron chi connectivity index (χ4n) is 3.30. The number of hydrogen-bond donors (Lipinski definition) is 1. The van der Waals surface area contributed by atoms with Crippen LogP contribution in [0.1, 0.15) is 47.5 Å². The van der Waals surface area contributed by atoms with E-state index in [2.05, 4.69) is 22.6 Å². The largest absolute Gasteiger partial charge is 0.491 e. The van der Waals surface area contributed by atoms with Gasteiger partial charge in [-0.1, -0.05) is 25.1 Å². The Morgan fingerprint density at radius 3 is 2.65 bits per heavy atom. The van der Waals surface area contributed by atoms with Crippen LogP contribution in [0.3, 0.4) is 0 Å². The molecular formula is C24H26INO5. The minimum Gasteiger partial charge on any atom is -0.491 e. The maximum absolute atomic E-state index is 13.6. The van der Waals surface area contributed by atoms with Gasteiger partial charge in [0.05, 0.1) is 15.2 Å². The van der Waals surface area contributed by atoms with Crippen LogP contribution in [0.25, 0.3) is 11.0 Å². The number of furan rings is 1. The third-order valence-corrected chi connectivity index (χ3v) is 5.76. The van der Waals surface area contributed by atoms with Gasteiger partial charge in [0, 0.05) is 17.5 Å². The van der Waals surface area contributed by atoms with E-state index >= 15 is 0 Å². The second kappa shape index (κ2) is 10.3. The topological polar surface area (TPSA) is 91.8 Å². The molecule has 2 aromatic carbocycles. The molecule has 0 saturated carbocycles. The van der Waals surface area contributed by atoms with Crippen molar-refractivity contribution < 1.29 is 23.5 Å². The van der Waals surface area contributed by atoms with Gasteiger partial charge >= 0.3 is 5.97 Å². The SMILES string of the molecule is CC[C@@H](C)OC(=O)Cc1oc2ccccc2c1C(=O)c1cc(C)c(OCCN)c(I)c1. The molecule has 0 spiro atoms. The lowest BCUT2D eigenvalue weighted by molar-refractivity contribution is -0.147. The Bertz CT molecular complexity index is 1080. The molecule has 0 amide bonds. The van der Waals surface area contributed by atoms with Gasteiger partial charge in [-0.3, -0.25) is 9.59 Å². The van der Waals surface area contributed by atoms with E-state index in [1.165, 1.54) is 0 Å². The summed E-state index contributed by atoms with van der Waals surface area (Å²) in [6.07, 6.45) is 0.420. The van der Waals surface area contributed by atoms with Crippen LogP contribution in [0, 0.1) is 10.5 Å². The lowest BCUT2D eigenvalue weighted by Crippen LogP contribution is -2.17. The molecule has 1 atom stereocenters. The van der Waals surface area contributed by atoms with Crippen molar-refractivity contribution >= 4 is 45.3 Å². The highest BCUT2D eigenvalue weighted by Crippen LogP contribution is 2.32. The highest BCUT2D eigenvalue weighted by molar-refractivity contribution is 14.1. The number of carbonyl (C=O) groups excluding carboxylic acids is 2. The normalized spacial score (nSPS) is 12.0. The maximum atomic E-state index is 13.6. The van der Waals surface area contributed by atoms with Gasteiger partial charge in [-0.2, -0.15) is 0 Å². The molecule has 0 aliphatic carbocycles. The average molecular weight is 535 g/mol. The second-order valence-electron chi connectivity index (χ2n) is 7.35. The first-order valence-corrected chi connectivity index (χ1v) is 11.3. The van der Waals surface area contributed by atoms with Crippen LogP contribution >= 0.6 is 22.6 Å². The van der Waals surface area contributed by atoms with Gasteiger partial charge in [0.25, 0.3) is 0 Å². The van der Waals surface area contributed by atoms with Crippen molar-refractivity contribution in [3.8, 4) is 5.75 Å². The van der Waals surface area contributed by atoms with Gasteiger partial charge in [-0.25, -0.2) is 0 Å². The number of nitrogens with two attached hydrogens (primary N) is 1. The molecule has 3 aromatic rings. The Labute approximate surface area is 195 Å². The molecule has 31 heavy (non-hydrogen) atoms. The molecule has 2 N–H and O–H groups in total. The van der Waals surface area contributed by atoms with Crippen molar-refractivity contribution in [3.05, 3.63) is 62.4 Å². The van der Waals surface area contributed by atoms with Crippen LogP contribution in [0.4, 0.5) is 0 Å². The van der Waals surface area contributed by atoms with E-state index < -0.39 is 5.97 Å². The molecule has 0 bridgehead atoms. The van der Waals surface area contributed by atoms with E-state index in [0.29, 0.717) is 47.4 Å². The zero-order valence-electron chi connectivity index (χ0n) is 17.9. The first kappa shape index (κ1) is 23.3. The standard InChI is InChI=1S/C24H26INO5/c1-4-15(3)30-21(27)13-20-22(17-7-5-6-8-19(17)31-20)23(28)16-11-14(2)24(18(25)12-16)29-10-9-26/h5-8,11-12,15H,4,9-10,13,26H2,1-3H3/t15-/m1/s1. The van der Waals surface area contributed by atoms with Crippen LogP contribution in [-0.2, 0) is 16.0 Å². The zero-order valence-corrected chi connectivity index (χ0v) is 20.0. The Morgan fingerprint density at radius 1 is 1.23 bits per heavy atom. The molecule has 0 aliphatic rings. The Balaban J connectivity index is 2.01. The Hall–Kier alpha value is -2.39. The lowest BCUT2D eigenvalue weighted by Gasteiger charge is -2.13. The summed E-state index contributed by atoms with van der Waals surface area (Å²) in [5, 5.41) is 0.676. The van der Waals surface area contributed by atoms with E-state index in [1.54, 1.807) is 18.2 Å². The van der Waals surface area contributed by atoms with Crippen molar-refractivity contribution in [1.82, 2.24) is 0 Å². The van der Waals surface area contributed by atoms with Gasteiger partial charge in [-0.15, -0.1) is 0 Å². The first-order valence-electron chi connectivity index (χ1n) is 10.2. The number of para-hydroxylation sites is 1. The third kappa shape index (κ3) is 5.27. The van der Waals surface area contributed by atoms with E-state index in [4.69, 9.17) is 19.6 Å². The Morgan fingerprint density at radius 2 is 1.97 bits per heavy atom. The number of ketones is 1. The quantitative estimate of drug-likeness (QED) is 0.241. The molecule has 1 aromatic heterocycles. The zero-order chi connectivity index (χ0) is 22.5. The number of benzene rings is 2. The molecule has 0 aliphatic heterocycles. The monoisotopic (exact) mass is 535 g/mol. The summed E-state index contributed by atoms with van der Waals surface area (Å²) in [6.45, 7) is 6.48. The van der Waals surface area contributed by atoms with E-state index in [-0.39, 0.29) is 18.3 Å². The fourth-order valence-corrected chi connectivity index (χ4v) is 4.22. The van der Waals surface area contributed by atoms with Crippen LogP contribution in [-0.4, -0.2) is 31.0 Å². The molecule has 6 nitrogen and oxygen atoms in total. The highest BCUT2D eigenvalue weighted by atomic mass is 127. The molecule has 0 radical (unpaired) electrons. The summed E-state index contributed by atoms with van der Waals surface area (Å²) in [4.78, 5) is 26.0. The molecule has 164 valence electrons. The number of ether oxygens (including phenoxy) is 2. The third-order valence-electron chi connectivity index (χ3n) is 4.96. The number of fused-ring (bicyclic) bond motifs is 1. The lowest BCUT2D eigenvalue weighted by atomic mass is 9.97. The minimum absolute atomic E-state index is 0.103. The molecule has 1 heterocycles. The molecule has 0 unspecified atom stereocenters. The summed E-state index contributed by atoms with van der Waals surface area (Å²) in [5.74, 6) is 0.411. The van der Waals surface area contributed by atoms with E-state index in [0.717, 1.165) is 14.9 Å². The Kier molecular flexibility index (Phi) is 7.72. The van der Waals surface area contributed by atoms with Crippen molar-refractivity contribution in [1.29, 1.82) is 0 Å². The van der Waals surface area contributed by atoms with E-state index in [1.807, 2.05) is 39.0 Å². The number of carbonyl (C=O) groups is 2. The van der Waals surface area contributed by atoms with Crippen LogP contribution in [0.15, 0.2) is 40.8 Å². The molecule has 0 fully saturated rings. The van der Waals surface area contributed by atoms with Crippen molar-refractivity contribution in [2.24, 2.45) is 5.73 Å². The smallest absolute Gasteiger partial charge is 0.313 e. The van der Waals surface area contributed by atoms with Gasteiger partial charge < -0.3 is 19.6 Å². The van der Waals surface area contributed by atoms with E-state index in [9.17, 15) is 9.59 Å². The second-order valence-corrected chi connectivity index (χ2v) is 8.51. The molecule has 7 heteroatoms. The van der Waals surface area contributed by atoms with Gasteiger partial charge in [0.15, 0.2) is 5.78 Å². The molecule has 3 rings (SSSR count). The van der Waals surface area contributed by atoms with Gasteiger partial charge in [-0.05, 0) is 66.6 Å². The maximum Gasteiger partial charge on any atom is 0.313 e. The number of rotatable bonds is 9. The van der Waals surface area contributed by atoms with Crippen LogP contribution in [0.2, 0.25) is 0 Å². The predicted molar refractivity (Wildman–Crippen MR) is 128 cm³/mol. The van der Waals surface area contributed by atoms with Crippen LogP contribution in [0.5, 0.6) is 5.75 Å². The van der Waals surface area contributed by atoms with Crippen molar-refractivity contribution in [2.45, 2.75) is 39.7 Å². The first-order chi connectivity index (χ1) is 14.8. The van der Waals surface area contributed by atoms with Crippen molar-refractivity contribution in [2.75, 3.05) is 13.2 Å². The summed E-state index contributed by atoms with van der Waals surface area (Å²) in [5.41, 5.74) is 7.84. The number of esters is 1. The predicted octanol–water partition coefficient (Wildman–Crippen LogP) is 4.80. The number of aryl methyl sites for hydroxylation is 1. The summed E-state index contributed by atoms with van der Waals surface area (Å²) in [7, 11) is 0. The summed E-state index contributed by atoms with van der Waals surface area (Å²) >= 11 is 2.15. The fraction of sp³-hybridized carbons (Fsp3) is 0.333. The number of halogens is 1. The van der Waals surface area contributed by atoms with Crippen molar-refractivity contribution in [3.63, 3.8) is 0 Å². The summed E-state index contributed by atoms with van der Waals surface area (Å²) < 4.78 is 17.8. The summed E-state index contributed by atoms with van der Waals surface area (Å²) in [6, 6.07) is 10.9.